The van der Waals surface area contributed by atoms with Gasteiger partial charge in [0.25, 0.3) is 0 Å². The summed E-state index contributed by atoms with van der Waals surface area (Å²) < 4.78 is 0. The monoisotopic (exact) mass is 218 g/mol. The molecule has 1 amide bonds. The number of rotatable bonds is 3. The fraction of sp³-hybridized carbons (Fsp3) is 0.462. The molecule has 86 valence electrons. The number of amides is 1. The lowest BCUT2D eigenvalue weighted by Gasteiger charge is -2.14. The Morgan fingerprint density at radius 1 is 1.56 bits per heavy atom. The van der Waals surface area contributed by atoms with Crippen LogP contribution in [0.4, 0.5) is 5.69 Å². The Bertz CT molecular complexity index is 401. The van der Waals surface area contributed by atoms with E-state index in [-0.39, 0.29) is 11.9 Å². The molecule has 1 aliphatic rings. The van der Waals surface area contributed by atoms with Gasteiger partial charge in [-0.3, -0.25) is 4.79 Å². The van der Waals surface area contributed by atoms with Gasteiger partial charge in [-0.1, -0.05) is 19.1 Å². The van der Waals surface area contributed by atoms with Gasteiger partial charge < -0.3 is 11.1 Å². The molecule has 3 N–H and O–H groups in total. The molecule has 0 heterocycles. The third kappa shape index (κ3) is 2.03. The van der Waals surface area contributed by atoms with E-state index >= 15 is 0 Å². The summed E-state index contributed by atoms with van der Waals surface area (Å²) in [6.45, 7) is 2.01. The highest BCUT2D eigenvalue weighted by Gasteiger charge is 2.24. The van der Waals surface area contributed by atoms with E-state index in [1.807, 2.05) is 19.1 Å². The largest absolute Gasteiger partial charge is 0.398 e. The van der Waals surface area contributed by atoms with E-state index in [0.717, 1.165) is 24.9 Å². The highest BCUT2D eigenvalue weighted by atomic mass is 16.1. The number of hydrogen-bond donors (Lipinski definition) is 2. The molecule has 0 fully saturated rings. The van der Waals surface area contributed by atoms with Gasteiger partial charge >= 0.3 is 0 Å². The van der Waals surface area contributed by atoms with Crippen LogP contribution in [0.5, 0.6) is 0 Å². The molecule has 0 spiro atoms. The zero-order valence-electron chi connectivity index (χ0n) is 9.62. The first-order chi connectivity index (χ1) is 7.72. The molecule has 0 aromatic heterocycles. The lowest BCUT2D eigenvalue weighted by molar-refractivity contribution is -0.121. The SMILES string of the molecule is CCCC(=O)NC1CCc2c(N)cccc21. The normalized spacial score (nSPS) is 18.2. The summed E-state index contributed by atoms with van der Waals surface area (Å²) in [5, 5.41) is 3.07. The molecule has 0 saturated carbocycles. The summed E-state index contributed by atoms with van der Waals surface area (Å²) in [6, 6.07) is 6.11. The minimum atomic E-state index is 0.141. The van der Waals surface area contributed by atoms with E-state index in [1.165, 1.54) is 11.1 Å². The van der Waals surface area contributed by atoms with E-state index in [9.17, 15) is 4.79 Å². The highest BCUT2D eigenvalue weighted by Crippen LogP contribution is 2.34. The lowest BCUT2D eigenvalue weighted by Crippen LogP contribution is -2.26. The molecule has 0 saturated heterocycles. The quantitative estimate of drug-likeness (QED) is 0.764. The molecular formula is C13H18N2O. The molecule has 0 radical (unpaired) electrons. The van der Waals surface area contributed by atoms with Crippen molar-refractivity contribution in [3.63, 3.8) is 0 Å². The molecule has 0 bridgehead atoms. The zero-order valence-corrected chi connectivity index (χ0v) is 9.62. The van der Waals surface area contributed by atoms with Crippen molar-refractivity contribution in [3.8, 4) is 0 Å². The molecule has 16 heavy (non-hydrogen) atoms. The zero-order chi connectivity index (χ0) is 11.5. The van der Waals surface area contributed by atoms with Crippen LogP contribution in [0.25, 0.3) is 0 Å². The predicted octanol–water partition coefficient (Wildman–Crippen LogP) is 2.17. The van der Waals surface area contributed by atoms with Crippen LogP contribution in [0.15, 0.2) is 18.2 Å². The molecule has 3 nitrogen and oxygen atoms in total. The first-order valence-corrected chi connectivity index (χ1v) is 5.89. The lowest BCUT2D eigenvalue weighted by atomic mass is 10.1. The number of carbonyl (C=O) groups excluding carboxylic acids is 1. The van der Waals surface area contributed by atoms with Crippen LogP contribution in [-0.4, -0.2) is 5.91 Å². The number of hydrogen-bond acceptors (Lipinski definition) is 2. The van der Waals surface area contributed by atoms with Crippen LogP contribution in [-0.2, 0) is 11.2 Å². The molecule has 1 aliphatic carbocycles. The van der Waals surface area contributed by atoms with Crippen molar-refractivity contribution in [1.82, 2.24) is 5.32 Å². The van der Waals surface area contributed by atoms with Gasteiger partial charge in [-0.25, -0.2) is 0 Å². The predicted molar refractivity (Wildman–Crippen MR) is 65.0 cm³/mol. The van der Waals surface area contributed by atoms with Gasteiger partial charge in [-0.15, -0.1) is 0 Å². The van der Waals surface area contributed by atoms with Crippen molar-refractivity contribution in [2.75, 3.05) is 5.73 Å². The van der Waals surface area contributed by atoms with Crippen molar-refractivity contribution >= 4 is 11.6 Å². The Balaban J connectivity index is 2.12. The van der Waals surface area contributed by atoms with Gasteiger partial charge in [-0.05, 0) is 36.5 Å². The summed E-state index contributed by atoms with van der Waals surface area (Å²) in [7, 11) is 0. The average molecular weight is 218 g/mol. The second-order valence-corrected chi connectivity index (χ2v) is 4.32. The Hall–Kier alpha value is -1.51. The summed E-state index contributed by atoms with van der Waals surface area (Å²) >= 11 is 0. The van der Waals surface area contributed by atoms with Crippen LogP contribution < -0.4 is 11.1 Å². The van der Waals surface area contributed by atoms with Crippen molar-refractivity contribution < 1.29 is 4.79 Å². The van der Waals surface area contributed by atoms with E-state index in [2.05, 4.69) is 11.4 Å². The standard InChI is InChI=1S/C13H18N2O/c1-2-4-13(16)15-12-8-7-9-10(12)5-3-6-11(9)14/h3,5-6,12H,2,4,7-8,14H2,1H3,(H,15,16). The highest BCUT2D eigenvalue weighted by molar-refractivity contribution is 5.76. The summed E-state index contributed by atoms with van der Waals surface area (Å²) in [4.78, 5) is 11.6. The maximum atomic E-state index is 11.6. The molecule has 1 aromatic rings. The second kappa shape index (κ2) is 4.56. The first-order valence-electron chi connectivity index (χ1n) is 5.89. The van der Waals surface area contributed by atoms with Gasteiger partial charge in [0.15, 0.2) is 0 Å². The molecule has 1 unspecified atom stereocenters. The fourth-order valence-electron chi connectivity index (χ4n) is 2.33. The number of nitrogen functional groups attached to an aromatic ring is 1. The Morgan fingerprint density at radius 2 is 2.38 bits per heavy atom. The van der Waals surface area contributed by atoms with Gasteiger partial charge in [0.2, 0.25) is 5.91 Å². The van der Waals surface area contributed by atoms with E-state index in [0.29, 0.717) is 6.42 Å². The fourth-order valence-corrected chi connectivity index (χ4v) is 2.33. The number of carbonyl (C=O) groups is 1. The van der Waals surface area contributed by atoms with Crippen LogP contribution in [0.1, 0.15) is 43.4 Å². The summed E-state index contributed by atoms with van der Waals surface area (Å²) in [5.41, 5.74) is 9.17. The van der Waals surface area contributed by atoms with Gasteiger partial charge in [-0.2, -0.15) is 0 Å². The van der Waals surface area contributed by atoms with Crippen molar-refractivity contribution in [2.24, 2.45) is 0 Å². The summed E-state index contributed by atoms with van der Waals surface area (Å²) in [5.74, 6) is 0.141. The average Bonchev–Trinajstić information content (AvgIpc) is 2.64. The third-order valence-electron chi connectivity index (χ3n) is 3.12. The Morgan fingerprint density at radius 3 is 3.12 bits per heavy atom. The van der Waals surface area contributed by atoms with Gasteiger partial charge in [0, 0.05) is 12.1 Å². The van der Waals surface area contributed by atoms with Crippen LogP contribution in [0.2, 0.25) is 0 Å². The first kappa shape index (κ1) is 11.0. The Labute approximate surface area is 96.0 Å². The number of nitrogens with one attached hydrogen (secondary N) is 1. The van der Waals surface area contributed by atoms with Crippen LogP contribution in [0.3, 0.4) is 0 Å². The Kier molecular flexibility index (Phi) is 3.13. The summed E-state index contributed by atoms with van der Waals surface area (Å²) in [6.07, 6.45) is 3.44. The van der Waals surface area contributed by atoms with Gasteiger partial charge in [0.05, 0.1) is 6.04 Å². The van der Waals surface area contributed by atoms with Gasteiger partial charge in [0.1, 0.15) is 0 Å². The number of nitrogens with two attached hydrogens (primary N) is 1. The maximum Gasteiger partial charge on any atom is 0.220 e. The van der Waals surface area contributed by atoms with Crippen LogP contribution in [0, 0.1) is 0 Å². The van der Waals surface area contributed by atoms with E-state index < -0.39 is 0 Å². The number of fused-ring (bicyclic) bond motifs is 1. The van der Waals surface area contributed by atoms with Crippen molar-refractivity contribution in [2.45, 2.75) is 38.6 Å². The minimum Gasteiger partial charge on any atom is -0.398 e. The molecule has 2 rings (SSSR count). The van der Waals surface area contributed by atoms with E-state index in [4.69, 9.17) is 5.73 Å². The number of anilines is 1. The molecule has 3 heteroatoms. The van der Waals surface area contributed by atoms with Crippen molar-refractivity contribution in [1.29, 1.82) is 0 Å². The van der Waals surface area contributed by atoms with Crippen molar-refractivity contribution in [3.05, 3.63) is 29.3 Å². The molecule has 1 atom stereocenters. The topological polar surface area (TPSA) is 55.1 Å². The second-order valence-electron chi connectivity index (χ2n) is 4.32. The molecule has 0 aliphatic heterocycles. The molecule has 1 aromatic carbocycles. The van der Waals surface area contributed by atoms with E-state index in [1.54, 1.807) is 0 Å². The minimum absolute atomic E-state index is 0.141. The van der Waals surface area contributed by atoms with Crippen LogP contribution >= 0.6 is 0 Å². The molecular weight excluding hydrogens is 200 g/mol. The maximum absolute atomic E-state index is 11.6. The smallest absolute Gasteiger partial charge is 0.220 e. The third-order valence-corrected chi connectivity index (χ3v) is 3.12. The number of benzene rings is 1.